The van der Waals surface area contributed by atoms with Crippen molar-refractivity contribution in [2.24, 2.45) is 0 Å². The van der Waals surface area contributed by atoms with Crippen LogP contribution >= 0.6 is 0 Å². The van der Waals surface area contributed by atoms with E-state index in [1.165, 1.54) is 4.31 Å². The molecule has 0 saturated heterocycles. The molecular weight excluding hydrogens is 346 g/mol. The van der Waals surface area contributed by atoms with Gasteiger partial charge in [0.15, 0.2) is 0 Å². The van der Waals surface area contributed by atoms with E-state index in [4.69, 9.17) is 4.74 Å². The minimum Gasteiger partial charge on any atom is -0.498 e. The van der Waals surface area contributed by atoms with E-state index in [9.17, 15) is 8.42 Å². The minimum absolute atomic E-state index is 0.231. The molecule has 1 aliphatic rings. The van der Waals surface area contributed by atoms with Crippen LogP contribution in [0, 0.1) is 6.92 Å². The second-order valence-corrected chi connectivity index (χ2v) is 8.52. The highest BCUT2D eigenvalue weighted by atomic mass is 32.2. The van der Waals surface area contributed by atoms with E-state index in [-0.39, 0.29) is 6.04 Å². The smallest absolute Gasteiger partial charge is 0.243 e. The standard InChI is InChI=1S/C21H25NO3S/c1-4-25-20-15-14-19(21(20)17-8-6-5-7-9-17)22(3)26(23,24)18-12-10-16(2)11-13-18/h5-13,19H,4,14-15H2,1-3H3. The molecule has 5 heteroatoms. The van der Waals surface area contributed by atoms with Crippen molar-refractivity contribution in [2.75, 3.05) is 13.7 Å². The molecule has 1 unspecified atom stereocenters. The summed E-state index contributed by atoms with van der Waals surface area (Å²) in [6.45, 7) is 4.48. The molecule has 0 amide bonds. The molecule has 0 radical (unpaired) electrons. The van der Waals surface area contributed by atoms with Gasteiger partial charge in [0, 0.05) is 19.0 Å². The molecular formula is C21H25NO3S. The second-order valence-electron chi connectivity index (χ2n) is 6.52. The molecule has 1 aliphatic carbocycles. The Morgan fingerprint density at radius 2 is 1.73 bits per heavy atom. The number of allylic oxidation sites excluding steroid dienone is 1. The number of nitrogens with zero attached hydrogens (tertiary/aromatic N) is 1. The van der Waals surface area contributed by atoms with Crippen LogP contribution in [0.15, 0.2) is 65.3 Å². The average Bonchev–Trinajstić information content (AvgIpc) is 3.06. The van der Waals surface area contributed by atoms with Crippen molar-refractivity contribution >= 4 is 15.6 Å². The Labute approximate surface area is 156 Å². The molecule has 26 heavy (non-hydrogen) atoms. The summed E-state index contributed by atoms with van der Waals surface area (Å²) < 4.78 is 33.6. The summed E-state index contributed by atoms with van der Waals surface area (Å²) >= 11 is 0. The van der Waals surface area contributed by atoms with E-state index in [1.54, 1.807) is 19.2 Å². The number of benzene rings is 2. The molecule has 0 heterocycles. The van der Waals surface area contributed by atoms with Gasteiger partial charge in [0.05, 0.1) is 17.5 Å². The maximum absolute atomic E-state index is 13.1. The van der Waals surface area contributed by atoms with E-state index in [0.29, 0.717) is 11.5 Å². The van der Waals surface area contributed by atoms with Gasteiger partial charge in [-0.15, -0.1) is 0 Å². The van der Waals surface area contributed by atoms with Crippen LogP contribution in [0.5, 0.6) is 0 Å². The lowest BCUT2D eigenvalue weighted by molar-refractivity contribution is 0.224. The quantitative estimate of drug-likeness (QED) is 0.763. The lowest BCUT2D eigenvalue weighted by Crippen LogP contribution is -2.36. The first-order chi connectivity index (χ1) is 12.4. The first-order valence-electron chi connectivity index (χ1n) is 8.91. The highest BCUT2D eigenvalue weighted by Gasteiger charge is 2.36. The van der Waals surface area contributed by atoms with Gasteiger partial charge < -0.3 is 4.74 Å². The van der Waals surface area contributed by atoms with E-state index in [2.05, 4.69) is 0 Å². The summed E-state index contributed by atoms with van der Waals surface area (Å²) in [5.74, 6) is 0.898. The number of ether oxygens (including phenoxy) is 1. The summed E-state index contributed by atoms with van der Waals surface area (Å²) in [5.41, 5.74) is 3.03. The number of likely N-dealkylation sites (N-methyl/N-ethyl adjacent to an activating group) is 1. The zero-order valence-electron chi connectivity index (χ0n) is 15.5. The van der Waals surface area contributed by atoms with Crippen LogP contribution < -0.4 is 0 Å². The van der Waals surface area contributed by atoms with Gasteiger partial charge in [0.1, 0.15) is 5.76 Å². The molecule has 2 aromatic rings. The third-order valence-electron chi connectivity index (χ3n) is 4.82. The molecule has 2 aromatic carbocycles. The number of aryl methyl sites for hydroxylation is 1. The zero-order valence-corrected chi connectivity index (χ0v) is 16.3. The molecule has 0 aromatic heterocycles. The Hall–Kier alpha value is -2.11. The fourth-order valence-electron chi connectivity index (χ4n) is 3.44. The summed E-state index contributed by atoms with van der Waals surface area (Å²) in [5, 5.41) is 0. The Balaban J connectivity index is 2.00. The third kappa shape index (κ3) is 3.55. The Morgan fingerprint density at radius 1 is 1.08 bits per heavy atom. The van der Waals surface area contributed by atoms with Crippen molar-refractivity contribution in [3.63, 3.8) is 0 Å². The summed E-state index contributed by atoms with van der Waals surface area (Å²) in [4.78, 5) is 0.322. The molecule has 4 nitrogen and oxygen atoms in total. The van der Waals surface area contributed by atoms with Crippen molar-refractivity contribution in [3.05, 3.63) is 71.5 Å². The van der Waals surface area contributed by atoms with Gasteiger partial charge in [0.2, 0.25) is 10.0 Å². The maximum atomic E-state index is 13.1. The highest BCUT2D eigenvalue weighted by Crippen LogP contribution is 2.39. The molecule has 0 aliphatic heterocycles. The van der Waals surface area contributed by atoms with Crippen molar-refractivity contribution in [1.82, 2.24) is 4.31 Å². The van der Waals surface area contributed by atoms with Crippen LogP contribution in [-0.2, 0) is 14.8 Å². The van der Waals surface area contributed by atoms with Gasteiger partial charge in [-0.3, -0.25) is 0 Å². The first-order valence-corrected chi connectivity index (χ1v) is 10.3. The predicted octanol–water partition coefficient (Wildman–Crippen LogP) is 4.23. The van der Waals surface area contributed by atoms with Crippen LogP contribution in [0.25, 0.3) is 5.57 Å². The van der Waals surface area contributed by atoms with Crippen molar-refractivity contribution in [3.8, 4) is 0 Å². The Bertz CT molecular complexity index is 887. The molecule has 3 rings (SSSR count). The first kappa shape index (κ1) is 18.7. The fourth-order valence-corrected chi connectivity index (χ4v) is 4.79. The summed E-state index contributed by atoms with van der Waals surface area (Å²) in [7, 11) is -1.91. The van der Waals surface area contributed by atoms with E-state index in [1.807, 2.05) is 56.3 Å². The number of sulfonamides is 1. The largest absolute Gasteiger partial charge is 0.498 e. The highest BCUT2D eigenvalue weighted by molar-refractivity contribution is 7.89. The number of rotatable bonds is 6. The zero-order chi connectivity index (χ0) is 18.7. The Morgan fingerprint density at radius 3 is 2.35 bits per heavy atom. The van der Waals surface area contributed by atoms with Gasteiger partial charge in [-0.25, -0.2) is 8.42 Å². The van der Waals surface area contributed by atoms with E-state index < -0.39 is 10.0 Å². The maximum Gasteiger partial charge on any atom is 0.243 e. The van der Waals surface area contributed by atoms with E-state index >= 15 is 0 Å². The monoisotopic (exact) mass is 371 g/mol. The van der Waals surface area contributed by atoms with E-state index in [0.717, 1.165) is 35.3 Å². The number of hydrogen-bond acceptors (Lipinski definition) is 3. The molecule has 0 N–H and O–H groups in total. The second kappa shape index (κ2) is 7.64. The Kier molecular flexibility index (Phi) is 5.49. The number of hydrogen-bond donors (Lipinski definition) is 0. The van der Waals surface area contributed by atoms with Gasteiger partial charge in [-0.2, -0.15) is 4.31 Å². The topological polar surface area (TPSA) is 46.6 Å². The molecule has 0 fully saturated rings. The van der Waals surface area contributed by atoms with Gasteiger partial charge >= 0.3 is 0 Å². The van der Waals surface area contributed by atoms with Gasteiger partial charge in [-0.05, 0) is 38.0 Å². The fraction of sp³-hybridized carbons (Fsp3) is 0.333. The lowest BCUT2D eigenvalue weighted by atomic mass is 10.0. The van der Waals surface area contributed by atoms with Crippen LogP contribution in [0.4, 0.5) is 0 Å². The van der Waals surface area contributed by atoms with Crippen molar-refractivity contribution in [1.29, 1.82) is 0 Å². The van der Waals surface area contributed by atoms with Crippen molar-refractivity contribution in [2.45, 2.75) is 37.6 Å². The van der Waals surface area contributed by atoms with Crippen LogP contribution in [0.3, 0.4) is 0 Å². The average molecular weight is 372 g/mol. The molecule has 0 bridgehead atoms. The third-order valence-corrected chi connectivity index (χ3v) is 6.70. The van der Waals surface area contributed by atoms with Gasteiger partial charge in [0.25, 0.3) is 0 Å². The molecule has 1 atom stereocenters. The summed E-state index contributed by atoms with van der Waals surface area (Å²) in [6.07, 6.45) is 1.47. The van der Waals surface area contributed by atoms with Crippen LogP contribution in [0.1, 0.15) is 30.9 Å². The SMILES string of the molecule is CCOC1=C(c2ccccc2)C(N(C)S(=O)(=O)c2ccc(C)cc2)CC1. The molecule has 0 spiro atoms. The normalized spacial score (nSPS) is 17.8. The predicted molar refractivity (Wildman–Crippen MR) is 104 cm³/mol. The molecule has 138 valence electrons. The van der Waals surface area contributed by atoms with Crippen molar-refractivity contribution < 1.29 is 13.2 Å². The lowest BCUT2D eigenvalue weighted by Gasteiger charge is -2.26. The van der Waals surface area contributed by atoms with Gasteiger partial charge in [-0.1, -0.05) is 48.0 Å². The minimum atomic E-state index is -3.57. The van der Waals surface area contributed by atoms with Crippen LogP contribution in [0.2, 0.25) is 0 Å². The summed E-state index contributed by atoms with van der Waals surface area (Å²) in [6, 6.07) is 16.7. The van der Waals surface area contributed by atoms with Crippen LogP contribution in [-0.4, -0.2) is 32.4 Å². The molecule has 0 saturated carbocycles.